The molecule has 170 valence electrons. The maximum Gasteiger partial charge on any atom is 0.109 e. The van der Waals surface area contributed by atoms with Crippen molar-refractivity contribution in [2.75, 3.05) is 6.00 Å². The first-order valence-electron chi connectivity index (χ1n) is 12.2. The van der Waals surface area contributed by atoms with Crippen LogP contribution in [0.3, 0.4) is 0 Å². The van der Waals surface area contributed by atoms with Crippen molar-refractivity contribution in [1.82, 2.24) is 5.32 Å². The predicted molar refractivity (Wildman–Crippen MR) is 136 cm³/mol. The second-order valence-electron chi connectivity index (χ2n) is 10.4. The number of benzene rings is 1. The molecule has 3 aliphatic rings. The molecule has 4 rings (SSSR count). The van der Waals surface area contributed by atoms with Gasteiger partial charge in [0.2, 0.25) is 0 Å². The van der Waals surface area contributed by atoms with E-state index in [4.69, 9.17) is 34.5 Å². The number of thiocarbonyl (C=S) groups is 1. The van der Waals surface area contributed by atoms with Crippen LogP contribution in [-0.4, -0.2) is 29.3 Å². The zero-order valence-corrected chi connectivity index (χ0v) is 20.4. The summed E-state index contributed by atoms with van der Waals surface area (Å²) in [5, 5.41) is 3.57. The third-order valence-corrected chi connectivity index (χ3v) is 9.02. The lowest BCUT2D eigenvalue weighted by atomic mass is 9.63. The maximum absolute atomic E-state index is 6.16. The highest BCUT2D eigenvalue weighted by atomic mass is 35.5. The molecule has 1 aromatic rings. The number of hydrogen-bond donors (Lipinski definition) is 2. The molecule has 31 heavy (non-hydrogen) atoms. The van der Waals surface area contributed by atoms with Gasteiger partial charge in [-0.15, -0.1) is 11.6 Å². The fourth-order valence-electron chi connectivity index (χ4n) is 6.91. The Hall–Kier alpha value is -0.810. The minimum absolute atomic E-state index is 0.00920. The molecule has 0 heterocycles. The standard InChI is InChI=1S/C26H38ClN3S/c1-2-6-21-13-25(20-7-4-3-5-8-20)14-23(30-18-27)15-26(21,17-25)24(31)29-16-19-9-11-22(28)12-10-19/h3-5,7-8,16,19,21-23,30H,2,6,9-15,17-18,28H2,1H3. The highest BCUT2D eigenvalue weighted by molar-refractivity contribution is 7.80. The van der Waals surface area contributed by atoms with E-state index in [0.29, 0.717) is 29.9 Å². The molecule has 3 N–H and O–H groups in total. The smallest absolute Gasteiger partial charge is 0.109 e. The van der Waals surface area contributed by atoms with Gasteiger partial charge >= 0.3 is 0 Å². The van der Waals surface area contributed by atoms with Crippen LogP contribution in [0.5, 0.6) is 0 Å². The summed E-state index contributed by atoms with van der Waals surface area (Å²) in [4.78, 5) is 5.97. The van der Waals surface area contributed by atoms with Crippen LogP contribution in [0.15, 0.2) is 35.3 Å². The van der Waals surface area contributed by atoms with Gasteiger partial charge in [0.1, 0.15) is 4.99 Å². The van der Waals surface area contributed by atoms with Gasteiger partial charge in [0, 0.05) is 23.7 Å². The molecule has 3 fully saturated rings. The van der Waals surface area contributed by atoms with E-state index in [1.165, 1.54) is 24.8 Å². The van der Waals surface area contributed by atoms with Gasteiger partial charge in [-0.2, -0.15) is 0 Å². The molecule has 0 aromatic heterocycles. The number of nitrogens with zero attached hydrogens (tertiary/aromatic N) is 1. The van der Waals surface area contributed by atoms with Gasteiger partial charge in [-0.3, -0.25) is 4.99 Å². The number of halogens is 1. The van der Waals surface area contributed by atoms with E-state index in [-0.39, 0.29) is 10.8 Å². The molecule has 5 heteroatoms. The van der Waals surface area contributed by atoms with Gasteiger partial charge in [-0.05, 0) is 80.6 Å². The monoisotopic (exact) mass is 459 g/mol. The van der Waals surface area contributed by atoms with Crippen LogP contribution in [0, 0.1) is 17.3 Å². The zero-order chi connectivity index (χ0) is 21.9. The number of fused-ring (bicyclic) bond motifs is 2. The lowest BCUT2D eigenvalue weighted by Crippen LogP contribution is -2.48. The van der Waals surface area contributed by atoms with Crippen molar-refractivity contribution in [3.63, 3.8) is 0 Å². The van der Waals surface area contributed by atoms with Gasteiger partial charge in [-0.25, -0.2) is 0 Å². The Bertz CT molecular complexity index is 776. The van der Waals surface area contributed by atoms with Crippen molar-refractivity contribution in [3.05, 3.63) is 35.9 Å². The van der Waals surface area contributed by atoms with E-state index in [2.05, 4.69) is 48.8 Å². The van der Waals surface area contributed by atoms with Crippen LogP contribution < -0.4 is 11.1 Å². The van der Waals surface area contributed by atoms with Crippen molar-refractivity contribution >= 4 is 35.0 Å². The first-order chi connectivity index (χ1) is 15.0. The SMILES string of the molecule is CCCC1CC2(c3ccccc3)CC(NCCl)CC1(C(=S)N=CC1CCC(N)CC1)C2. The summed E-state index contributed by atoms with van der Waals surface area (Å²) in [6, 6.07) is 12.4. The molecule has 1 aromatic carbocycles. The fraction of sp³-hybridized carbons (Fsp3) is 0.692. The van der Waals surface area contributed by atoms with Crippen molar-refractivity contribution in [2.45, 2.75) is 88.6 Å². The summed E-state index contributed by atoms with van der Waals surface area (Å²) in [7, 11) is 0. The molecule has 3 aliphatic carbocycles. The first-order valence-corrected chi connectivity index (χ1v) is 13.1. The molecule has 3 saturated carbocycles. The normalized spacial score (nSPS) is 37.9. The molecular weight excluding hydrogens is 422 g/mol. The average Bonchev–Trinajstić information content (AvgIpc) is 3.02. The van der Waals surface area contributed by atoms with Crippen LogP contribution >= 0.6 is 23.8 Å². The lowest BCUT2D eigenvalue weighted by Gasteiger charge is -2.45. The molecule has 4 atom stereocenters. The average molecular weight is 460 g/mol. The zero-order valence-electron chi connectivity index (χ0n) is 18.9. The van der Waals surface area contributed by atoms with E-state index < -0.39 is 0 Å². The van der Waals surface area contributed by atoms with Gasteiger partial charge in [0.05, 0.1) is 6.00 Å². The lowest BCUT2D eigenvalue weighted by molar-refractivity contribution is 0.189. The van der Waals surface area contributed by atoms with Crippen LogP contribution in [0.1, 0.15) is 76.7 Å². The second-order valence-corrected chi connectivity index (χ2v) is 11.0. The number of rotatable bonds is 7. The summed E-state index contributed by atoms with van der Waals surface area (Å²) >= 11 is 12.3. The Morgan fingerprint density at radius 3 is 2.61 bits per heavy atom. The molecular formula is C26H38ClN3S. The molecule has 0 saturated heterocycles. The molecule has 0 amide bonds. The van der Waals surface area contributed by atoms with Crippen LogP contribution in [0.25, 0.3) is 0 Å². The van der Waals surface area contributed by atoms with E-state index in [9.17, 15) is 0 Å². The van der Waals surface area contributed by atoms with Crippen molar-refractivity contribution in [2.24, 2.45) is 28.0 Å². The summed E-state index contributed by atoms with van der Waals surface area (Å²) in [6.45, 7) is 2.30. The van der Waals surface area contributed by atoms with Crippen molar-refractivity contribution < 1.29 is 0 Å². The number of hydrogen-bond acceptors (Lipinski definition) is 3. The minimum atomic E-state index is -0.00920. The Labute approximate surface area is 198 Å². The largest absolute Gasteiger partial charge is 0.328 e. The molecule has 0 radical (unpaired) electrons. The quantitative estimate of drug-likeness (QED) is 0.228. The van der Waals surface area contributed by atoms with E-state index >= 15 is 0 Å². The van der Waals surface area contributed by atoms with E-state index in [1.807, 2.05) is 0 Å². The Kier molecular flexibility index (Phi) is 7.52. The molecule has 3 nitrogen and oxygen atoms in total. The Morgan fingerprint density at radius 2 is 1.94 bits per heavy atom. The minimum Gasteiger partial charge on any atom is -0.328 e. The molecule has 4 unspecified atom stereocenters. The van der Waals surface area contributed by atoms with Gasteiger partial charge in [-0.1, -0.05) is 55.9 Å². The molecule has 0 spiro atoms. The third kappa shape index (κ3) is 4.78. The number of alkyl halides is 1. The second kappa shape index (κ2) is 9.99. The Morgan fingerprint density at radius 1 is 1.19 bits per heavy atom. The number of nitrogens with two attached hydrogens (primary N) is 1. The van der Waals surface area contributed by atoms with Crippen LogP contribution in [-0.2, 0) is 5.41 Å². The van der Waals surface area contributed by atoms with Crippen LogP contribution in [0.2, 0.25) is 0 Å². The summed E-state index contributed by atoms with van der Waals surface area (Å²) in [6.07, 6.45) is 13.6. The fourth-order valence-corrected chi connectivity index (χ4v) is 7.51. The van der Waals surface area contributed by atoms with Gasteiger partial charge < -0.3 is 11.1 Å². The van der Waals surface area contributed by atoms with Crippen LogP contribution in [0.4, 0.5) is 0 Å². The van der Waals surface area contributed by atoms with Crippen molar-refractivity contribution in [1.29, 1.82) is 0 Å². The van der Waals surface area contributed by atoms with E-state index in [0.717, 1.165) is 49.9 Å². The van der Waals surface area contributed by atoms with Gasteiger partial charge in [0.15, 0.2) is 0 Å². The number of aliphatic imine (C=N–C) groups is 1. The summed E-state index contributed by atoms with van der Waals surface area (Å²) < 4.78 is 0. The summed E-state index contributed by atoms with van der Waals surface area (Å²) in [5.74, 6) is 1.11. The van der Waals surface area contributed by atoms with Gasteiger partial charge in [0.25, 0.3) is 0 Å². The third-order valence-electron chi connectivity index (χ3n) is 8.35. The maximum atomic E-state index is 6.16. The number of nitrogens with one attached hydrogen (secondary N) is 1. The van der Waals surface area contributed by atoms with E-state index in [1.54, 1.807) is 0 Å². The Balaban J connectivity index is 1.64. The highest BCUT2D eigenvalue weighted by Gasteiger charge is 2.61. The summed E-state index contributed by atoms with van der Waals surface area (Å²) in [5.41, 5.74) is 7.72. The first kappa shape index (κ1) is 23.4. The highest BCUT2D eigenvalue weighted by Crippen LogP contribution is 2.64. The molecule has 2 bridgehead atoms. The van der Waals surface area contributed by atoms with Crippen molar-refractivity contribution in [3.8, 4) is 0 Å². The predicted octanol–water partition coefficient (Wildman–Crippen LogP) is 5.98. The topological polar surface area (TPSA) is 50.4 Å². The molecule has 0 aliphatic heterocycles.